The Hall–Kier alpha value is -3.03. The number of amides is 1. The molecule has 1 N–H and O–H groups in total. The van der Waals surface area contributed by atoms with E-state index in [4.69, 9.17) is 14.0 Å². The van der Waals surface area contributed by atoms with Gasteiger partial charge in [0.1, 0.15) is 23.8 Å². The first-order valence-electron chi connectivity index (χ1n) is 8.19. The van der Waals surface area contributed by atoms with Gasteiger partial charge in [-0.05, 0) is 30.5 Å². The Labute approximate surface area is 150 Å². The summed E-state index contributed by atoms with van der Waals surface area (Å²) in [6, 6.07) is 6.75. The first-order valence-corrected chi connectivity index (χ1v) is 8.19. The molecule has 1 aliphatic carbocycles. The minimum absolute atomic E-state index is 0.0737. The summed E-state index contributed by atoms with van der Waals surface area (Å²) < 4.78 is 15.6. The number of benzene rings is 1. The summed E-state index contributed by atoms with van der Waals surface area (Å²) in [5.41, 5.74) is 0.796. The highest BCUT2D eigenvalue weighted by Gasteiger charge is 2.30. The molecule has 1 aromatic heterocycles. The summed E-state index contributed by atoms with van der Waals surface area (Å²) in [6.07, 6.45) is 2.04. The normalized spacial score (nSPS) is 13.3. The van der Waals surface area contributed by atoms with Gasteiger partial charge in [0.25, 0.3) is 5.91 Å². The van der Waals surface area contributed by atoms with E-state index in [1.54, 1.807) is 24.3 Å². The molecular weight excluding hydrogens is 340 g/mol. The number of carboxylic acids is 1. The van der Waals surface area contributed by atoms with Crippen LogP contribution in [-0.4, -0.2) is 47.8 Å². The highest BCUT2D eigenvalue weighted by Crippen LogP contribution is 2.40. The lowest BCUT2D eigenvalue weighted by Crippen LogP contribution is -2.35. The van der Waals surface area contributed by atoms with Crippen LogP contribution in [0, 0.1) is 0 Å². The van der Waals surface area contributed by atoms with Gasteiger partial charge in [-0.25, -0.2) is 0 Å². The van der Waals surface area contributed by atoms with Gasteiger partial charge >= 0.3 is 5.97 Å². The molecule has 1 heterocycles. The molecule has 0 radical (unpaired) electrons. The fourth-order valence-electron chi connectivity index (χ4n) is 2.65. The minimum Gasteiger partial charge on any atom is -0.497 e. The predicted molar refractivity (Wildman–Crippen MR) is 90.4 cm³/mol. The van der Waals surface area contributed by atoms with Crippen LogP contribution < -0.4 is 9.47 Å². The second-order valence-electron chi connectivity index (χ2n) is 6.16. The number of nitrogens with zero attached hydrogens (tertiary/aromatic N) is 2. The van der Waals surface area contributed by atoms with Gasteiger partial charge in [0.05, 0.1) is 14.2 Å². The molecule has 0 spiro atoms. The molecule has 0 saturated heterocycles. The highest BCUT2D eigenvalue weighted by molar-refractivity contribution is 5.94. The zero-order chi connectivity index (χ0) is 18.7. The van der Waals surface area contributed by atoms with Crippen LogP contribution in [0.5, 0.6) is 11.5 Å². The molecule has 0 unspecified atom stereocenters. The molecule has 1 aromatic carbocycles. The van der Waals surface area contributed by atoms with Crippen molar-refractivity contribution in [3.63, 3.8) is 0 Å². The van der Waals surface area contributed by atoms with E-state index >= 15 is 0 Å². The monoisotopic (exact) mass is 360 g/mol. The number of aromatic nitrogens is 1. The maximum Gasteiger partial charge on any atom is 0.323 e. The molecule has 8 nitrogen and oxygen atoms in total. The Morgan fingerprint density at radius 3 is 2.38 bits per heavy atom. The first kappa shape index (κ1) is 17.8. The third-order valence-corrected chi connectivity index (χ3v) is 4.13. The SMILES string of the molecule is COc1cc(CN(CC(=O)O)C(=O)c2cc(C3CC3)on2)cc(OC)c1. The molecular formula is C18H20N2O6. The summed E-state index contributed by atoms with van der Waals surface area (Å²) in [7, 11) is 3.04. The molecule has 0 aliphatic heterocycles. The number of carbonyl (C=O) groups excluding carboxylic acids is 1. The van der Waals surface area contributed by atoms with E-state index in [9.17, 15) is 14.7 Å². The van der Waals surface area contributed by atoms with Gasteiger partial charge in [-0.3, -0.25) is 9.59 Å². The maximum atomic E-state index is 12.7. The van der Waals surface area contributed by atoms with Crippen molar-refractivity contribution in [3.8, 4) is 11.5 Å². The summed E-state index contributed by atoms with van der Waals surface area (Å²) in [5, 5.41) is 13.0. The number of carboxylic acid groups (broad SMARTS) is 1. The van der Waals surface area contributed by atoms with Crippen LogP contribution in [0.1, 0.15) is 40.6 Å². The number of methoxy groups -OCH3 is 2. The van der Waals surface area contributed by atoms with E-state index in [2.05, 4.69) is 5.16 Å². The fourth-order valence-corrected chi connectivity index (χ4v) is 2.65. The van der Waals surface area contributed by atoms with Crippen molar-refractivity contribution < 1.29 is 28.7 Å². The molecule has 0 bridgehead atoms. The standard InChI is InChI=1S/C18H20N2O6/c1-24-13-5-11(6-14(7-13)25-2)9-20(10-17(21)22)18(23)15-8-16(26-19-15)12-3-4-12/h5-8,12H,3-4,9-10H2,1-2H3,(H,21,22). The number of ether oxygens (including phenoxy) is 2. The smallest absolute Gasteiger partial charge is 0.323 e. The van der Waals surface area contributed by atoms with Crippen LogP contribution in [0.2, 0.25) is 0 Å². The second kappa shape index (κ2) is 7.47. The number of carbonyl (C=O) groups is 2. The van der Waals surface area contributed by atoms with Crippen LogP contribution in [0.4, 0.5) is 0 Å². The van der Waals surface area contributed by atoms with E-state index in [1.807, 2.05) is 0 Å². The number of rotatable bonds is 8. The number of hydrogen-bond donors (Lipinski definition) is 1. The summed E-state index contributed by atoms with van der Waals surface area (Å²) in [5.74, 6) is 0.495. The van der Waals surface area contributed by atoms with Gasteiger partial charge in [0.2, 0.25) is 0 Å². The maximum absolute atomic E-state index is 12.7. The third-order valence-electron chi connectivity index (χ3n) is 4.13. The molecule has 0 atom stereocenters. The minimum atomic E-state index is -1.11. The van der Waals surface area contributed by atoms with Gasteiger partial charge in [0, 0.05) is 24.6 Å². The van der Waals surface area contributed by atoms with Gasteiger partial charge in [-0.15, -0.1) is 0 Å². The van der Waals surface area contributed by atoms with Crippen LogP contribution in [-0.2, 0) is 11.3 Å². The van der Waals surface area contributed by atoms with Crippen molar-refractivity contribution >= 4 is 11.9 Å². The summed E-state index contributed by atoms with van der Waals surface area (Å²) in [6.45, 7) is -0.381. The Morgan fingerprint density at radius 2 is 1.85 bits per heavy atom. The van der Waals surface area contributed by atoms with Crippen molar-refractivity contribution in [2.45, 2.75) is 25.3 Å². The molecule has 8 heteroatoms. The van der Waals surface area contributed by atoms with Crippen molar-refractivity contribution in [1.82, 2.24) is 10.1 Å². The fraction of sp³-hybridized carbons (Fsp3) is 0.389. The van der Waals surface area contributed by atoms with Gasteiger partial charge in [-0.1, -0.05) is 5.16 Å². The Kier molecular flexibility index (Phi) is 5.11. The van der Waals surface area contributed by atoms with Crippen LogP contribution >= 0.6 is 0 Å². The van der Waals surface area contributed by atoms with E-state index < -0.39 is 18.4 Å². The van der Waals surface area contributed by atoms with Crippen molar-refractivity contribution in [1.29, 1.82) is 0 Å². The Morgan fingerprint density at radius 1 is 1.19 bits per heavy atom. The Bertz CT molecular complexity index is 790. The van der Waals surface area contributed by atoms with E-state index in [0.717, 1.165) is 12.8 Å². The molecule has 138 valence electrons. The third kappa shape index (κ3) is 4.14. The number of aliphatic carboxylic acids is 1. The summed E-state index contributed by atoms with van der Waals surface area (Å²) in [4.78, 5) is 25.1. The lowest BCUT2D eigenvalue weighted by Gasteiger charge is -2.20. The topological polar surface area (TPSA) is 102 Å². The van der Waals surface area contributed by atoms with Gasteiger partial charge in [-0.2, -0.15) is 0 Å². The average Bonchev–Trinajstić information content (AvgIpc) is 3.36. The van der Waals surface area contributed by atoms with Gasteiger partial charge in [0.15, 0.2) is 5.69 Å². The molecule has 1 aliphatic rings. The van der Waals surface area contributed by atoms with E-state index in [0.29, 0.717) is 28.7 Å². The molecule has 3 rings (SSSR count). The van der Waals surface area contributed by atoms with Crippen molar-refractivity contribution in [3.05, 3.63) is 41.3 Å². The molecule has 2 aromatic rings. The second-order valence-corrected chi connectivity index (χ2v) is 6.16. The average molecular weight is 360 g/mol. The Balaban J connectivity index is 1.83. The van der Waals surface area contributed by atoms with Crippen molar-refractivity contribution in [2.75, 3.05) is 20.8 Å². The number of hydrogen-bond acceptors (Lipinski definition) is 6. The zero-order valence-corrected chi connectivity index (χ0v) is 14.6. The molecule has 1 amide bonds. The summed E-state index contributed by atoms with van der Waals surface area (Å²) >= 11 is 0. The lowest BCUT2D eigenvalue weighted by molar-refractivity contribution is -0.137. The largest absolute Gasteiger partial charge is 0.497 e. The van der Waals surface area contributed by atoms with E-state index in [1.165, 1.54) is 19.1 Å². The molecule has 1 fully saturated rings. The first-order chi connectivity index (χ1) is 12.5. The van der Waals surface area contributed by atoms with Gasteiger partial charge < -0.3 is 24.0 Å². The molecule has 1 saturated carbocycles. The predicted octanol–water partition coefficient (Wildman–Crippen LogP) is 2.30. The van der Waals surface area contributed by atoms with Crippen molar-refractivity contribution in [2.24, 2.45) is 0 Å². The highest BCUT2D eigenvalue weighted by atomic mass is 16.5. The van der Waals surface area contributed by atoms with E-state index in [-0.39, 0.29) is 12.2 Å². The zero-order valence-electron chi connectivity index (χ0n) is 14.6. The lowest BCUT2D eigenvalue weighted by atomic mass is 10.1. The van der Waals surface area contributed by atoms with Crippen LogP contribution in [0.15, 0.2) is 28.8 Å². The van der Waals surface area contributed by atoms with Crippen LogP contribution in [0.25, 0.3) is 0 Å². The van der Waals surface area contributed by atoms with Crippen LogP contribution in [0.3, 0.4) is 0 Å². The quantitative estimate of drug-likeness (QED) is 0.770. The molecule has 26 heavy (non-hydrogen) atoms.